The molecule has 0 fully saturated rings. The Balaban J connectivity index is 2.05. The number of likely N-dealkylation sites (N-methyl/N-ethyl adjacent to an activating group) is 1. The van der Waals surface area contributed by atoms with Gasteiger partial charge in [0.1, 0.15) is 24.0 Å². The molecule has 0 aliphatic rings. The minimum Gasteiger partial charge on any atom is -0.489 e. The van der Waals surface area contributed by atoms with Gasteiger partial charge in [0.2, 0.25) is 0 Å². The molecule has 0 radical (unpaired) electrons. The fourth-order valence-corrected chi connectivity index (χ4v) is 2.33. The van der Waals surface area contributed by atoms with Gasteiger partial charge in [0.05, 0.1) is 10.0 Å². The van der Waals surface area contributed by atoms with Crippen LogP contribution < -0.4 is 4.74 Å². The predicted octanol–water partition coefficient (Wildman–Crippen LogP) is 4.57. The van der Waals surface area contributed by atoms with Crippen molar-refractivity contribution < 1.29 is 9.53 Å². The van der Waals surface area contributed by atoms with Crippen molar-refractivity contribution in [1.82, 2.24) is 4.90 Å². The number of ether oxygens (including phenoxy) is 1. The molecule has 25 heavy (non-hydrogen) atoms. The van der Waals surface area contributed by atoms with E-state index in [1.54, 1.807) is 56.6 Å². The first kappa shape index (κ1) is 18.9. The first-order valence-electron chi connectivity index (χ1n) is 7.41. The number of hydrogen-bond donors (Lipinski definition) is 0. The Hall–Kier alpha value is -2.48. The zero-order chi connectivity index (χ0) is 18.4. The van der Waals surface area contributed by atoms with Crippen molar-refractivity contribution in [3.8, 4) is 11.8 Å². The van der Waals surface area contributed by atoms with Gasteiger partial charge >= 0.3 is 0 Å². The average molecular weight is 375 g/mol. The molecule has 0 bridgehead atoms. The lowest BCUT2D eigenvalue weighted by Gasteiger charge is -2.09. The normalized spacial score (nSPS) is 10.9. The molecule has 6 heteroatoms. The summed E-state index contributed by atoms with van der Waals surface area (Å²) in [4.78, 5) is 13.2. The Labute approximate surface area is 156 Å². The summed E-state index contributed by atoms with van der Waals surface area (Å²) in [6, 6.07) is 14.4. The highest BCUT2D eigenvalue weighted by Crippen LogP contribution is 2.23. The van der Waals surface area contributed by atoms with Crippen molar-refractivity contribution in [2.24, 2.45) is 0 Å². The number of hydrogen-bond acceptors (Lipinski definition) is 3. The van der Waals surface area contributed by atoms with Gasteiger partial charge in [-0.1, -0.05) is 41.4 Å². The zero-order valence-electron chi connectivity index (χ0n) is 13.8. The van der Waals surface area contributed by atoms with Gasteiger partial charge < -0.3 is 9.64 Å². The van der Waals surface area contributed by atoms with Crippen molar-refractivity contribution >= 4 is 35.2 Å². The lowest BCUT2D eigenvalue weighted by atomic mass is 10.1. The highest BCUT2D eigenvalue weighted by Gasteiger charge is 2.10. The van der Waals surface area contributed by atoms with Crippen LogP contribution in [0.3, 0.4) is 0 Å². The van der Waals surface area contributed by atoms with E-state index in [1.807, 2.05) is 12.1 Å². The number of amides is 1. The first-order chi connectivity index (χ1) is 11.9. The summed E-state index contributed by atoms with van der Waals surface area (Å²) < 4.78 is 5.70. The van der Waals surface area contributed by atoms with Crippen LogP contribution in [-0.2, 0) is 11.4 Å². The van der Waals surface area contributed by atoms with Gasteiger partial charge in [0.25, 0.3) is 5.91 Å². The predicted molar refractivity (Wildman–Crippen MR) is 99.5 cm³/mol. The van der Waals surface area contributed by atoms with Crippen LogP contribution in [0.5, 0.6) is 5.75 Å². The zero-order valence-corrected chi connectivity index (χ0v) is 15.3. The molecule has 0 aliphatic heterocycles. The van der Waals surface area contributed by atoms with Crippen molar-refractivity contribution in [3.63, 3.8) is 0 Å². The quantitative estimate of drug-likeness (QED) is 0.568. The van der Waals surface area contributed by atoms with E-state index >= 15 is 0 Å². The van der Waals surface area contributed by atoms with Gasteiger partial charge in [-0.05, 0) is 41.5 Å². The first-order valence-corrected chi connectivity index (χ1v) is 8.16. The van der Waals surface area contributed by atoms with Crippen LogP contribution in [0.25, 0.3) is 6.08 Å². The summed E-state index contributed by atoms with van der Waals surface area (Å²) in [6.07, 6.45) is 1.55. The van der Waals surface area contributed by atoms with E-state index in [1.165, 1.54) is 4.90 Å². The molecule has 0 N–H and O–H groups in total. The van der Waals surface area contributed by atoms with Crippen molar-refractivity contribution in [3.05, 3.63) is 69.2 Å². The van der Waals surface area contributed by atoms with Gasteiger partial charge in [0.15, 0.2) is 0 Å². The van der Waals surface area contributed by atoms with Gasteiger partial charge in [-0.15, -0.1) is 0 Å². The van der Waals surface area contributed by atoms with Crippen LogP contribution in [0.2, 0.25) is 10.0 Å². The summed E-state index contributed by atoms with van der Waals surface area (Å²) >= 11 is 11.9. The fourth-order valence-electron chi connectivity index (χ4n) is 2.01. The number of nitrogens with zero attached hydrogens (tertiary/aromatic N) is 2. The molecular weight excluding hydrogens is 359 g/mol. The Morgan fingerprint density at radius 2 is 1.84 bits per heavy atom. The molecule has 0 heterocycles. The largest absolute Gasteiger partial charge is 0.489 e. The van der Waals surface area contributed by atoms with E-state index in [0.29, 0.717) is 22.4 Å². The molecular formula is C19H16Cl2N2O2. The summed E-state index contributed by atoms with van der Waals surface area (Å²) in [6.45, 7) is 0.356. The molecule has 0 saturated heterocycles. The number of carbonyl (C=O) groups excluding carboxylic acids is 1. The van der Waals surface area contributed by atoms with Gasteiger partial charge in [-0.2, -0.15) is 5.26 Å². The summed E-state index contributed by atoms with van der Waals surface area (Å²) in [7, 11) is 3.21. The van der Waals surface area contributed by atoms with Crippen LogP contribution in [0.15, 0.2) is 48.0 Å². The SMILES string of the molecule is CN(C)C(=O)/C(C#N)=C\c1ccc(OCc2ccc(Cl)c(Cl)c2)cc1. The minimum absolute atomic E-state index is 0.0782. The van der Waals surface area contributed by atoms with E-state index < -0.39 is 0 Å². The highest BCUT2D eigenvalue weighted by molar-refractivity contribution is 6.42. The van der Waals surface area contributed by atoms with E-state index in [-0.39, 0.29) is 11.5 Å². The Kier molecular flexibility index (Phi) is 6.46. The standard InChI is InChI=1S/C19H16Cl2N2O2/c1-23(2)19(24)15(11-22)9-13-3-6-16(7-4-13)25-12-14-5-8-17(20)18(21)10-14/h3-10H,12H2,1-2H3/b15-9-. The van der Waals surface area contributed by atoms with Gasteiger partial charge in [-0.25, -0.2) is 0 Å². The molecule has 2 aromatic rings. The Bertz CT molecular complexity index is 837. The van der Waals surface area contributed by atoms with Crippen molar-refractivity contribution in [2.45, 2.75) is 6.61 Å². The Morgan fingerprint density at radius 3 is 2.40 bits per heavy atom. The van der Waals surface area contributed by atoms with Crippen LogP contribution in [0.1, 0.15) is 11.1 Å². The molecule has 128 valence electrons. The molecule has 0 saturated carbocycles. The minimum atomic E-state index is -0.331. The average Bonchev–Trinajstić information content (AvgIpc) is 2.61. The second-order valence-electron chi connectivity index (χ2n) is 5.48. The second kappa shape index (κ2) is 8.57. The molecule has 0 atom stereocenters. The molecule has 1 amide bonds. The number of nitriles is 1. The third-order valence-corrected chi connectivity index (χ3v) is 4.08. The Morgan fingerprint density at radius 1 is 1.16 bits per heavy atom. The number of rotatable bonds is 5. The van der Waals surface area contributed by atoms with Crippen molar-refractivity contribution in [2.75, 3.05) is 14.1 Å². The highest BCUT2D eigenvalue weighted by atomic mass is 35.5. The van der Waals surface area contributed by atoms with Crippen LogP contribution in [0.4, 0.5) is 0 Å². The summed E-state index contributed by atoms with van der Waals surface area (Å²) in [5.41, 5.74) is 1.73. The third-order valence-electron chi connectivity index (χ3n) is 3.34. The van der Waals surface area contributed by atoms with Crippen molar-refractivity contribution in [1.29, 1.82) is 5.26 Å². The fraction of sp³-hybridized carbons (Fsp3) is 0.158. The maximum absolute atomic E-state index is 11.8. The van der Waals surface area contributed by atoms with Gasteiger partial charge in [0, 0.05) is 14.1 Å². The lowest BCUT2D eigenvalue weighted by molar-refractivity contribution is -0.124. The maximum atomic E-state index is 11.8. The molecule has 4 nitrogen and oxygen atoms in total. The monoisotopic (exact) mass is 374 g/mol. The summed E-state index contributed by atoms with van der Waals surface area (Å²) in [5.74, 6) is 0.336. The van der Waals surface area contributed by atoms with E-state index in [0.717, 1.165) is 11.1 Å². The maximum Gasteiger partial charge on any atom is 0.264 e. The van der Waals surface area contributed by atoms with Crippen LogP contribution in [0, 0.1) is 11.3 Å². The second-order valence-corrected chi connectivity index (χ2v) is 6.29. The smallest absolute Gasteiger partial charge is 0.264 e. The number of halogens is 2. The number of benzene rings is 2. The van der Waals surface area contributed by atoms with Crippen LogP contribution in [-0.4, -0.2) is 24.9 Å². The molecule has 0 aromatic heterocycles. The molecule has 0 unspecified atom stereocenters. The molecule has 2 aromatic carbocycles. The van der Waals surface area contributed by atoms with E-state index in [2.05, 4.69) is 0 Å². The van der Waals surface area contributed by atoms with E-state index in [4.69, 9.17) is 33.2 Å². The summed E-state index contributed by atoms with van der Waals surface area (Å²) in [5, 5.41) is 10.1. The lowest BCUT2D eigenvalue weighted by Crippen LogP contribution is -2.22. The number of carbonyl (C=O) groups is 1. The molecule has 2 rings (SSSR count). The van der Waals surface area contributed by atoms with Gasteiger partial charge in [-0.3, -0.25) is 4.79 Å². The molecule has 0 spiro atoms. The van der Waals surface area contributed by atoms with Crippen LogP contribution >= 0.6 is 23.2 Å². The van der Waals surface area contributed by atoms with E-state index in [9.17, 15) is 4.79 Å². The third kappa shape index (κ3) is 5.25. The molecule has 0 aliphatic carbocycles. The topological polar surface area (TPSA) is 53.3 Å².